The predicted molar refractivity (Wildman–Crippen MR) is 77.8 cm³/mol. The second-order valence-electron chi connectivity index (χ2n) is 4.75. The number of carbonyl (C=O) groups is 1. The highest BCUT2D eigenvalue weighted by atomic mass is 79.9. The van der Waals surface area contributed by atoms with Crippen LogP contribution in [0.25, 0.3) is 0 Å². The summed E-state index contributed by atoms with van der Waals surface area (Å²) in [5, 5.41) is 4.85. The zero-order valence-electron chi connectivity index (χ0n) is 10.6. The van der Waals surface area contributed by atoms with Crippen LogP contribution in [0, 0.1) is 5.82 Å². The van der Waals surface area contributed by atoms with Crippen LogP contribution in [0.2, 0.25) is 0 Å². The Bertz CT molecular complexity index is 657. The molecular weight excluding hydrogens is 323 g/mol. The first-order valence-corrected chi connectivity index (χ1v) is 7.11. The minimum Gasteiger partial charge on any atom is -0.328 e. The predicted octanol–water partition coefficient (Wildman–Crippen LogP) is 2.19. The van der Waals surface area contributed by atoms with Crippen molar-refractivity contribution in [3.63, 3.8) is 0 Å². The van der Waals surface area contributed by atoms with Crippen molar-refractivity contribution < 1.29 is 14.5 Å². The van der Waals surface area contributed by atoms with Gasteiger partial charge in [0.15, 0.2) is 6.54 Å². The van der Waals surface area contributed by atoms with Crippen molar-refractivity contribution in [3.05, 3.63) is 63.9 Å². The van der Waals surface area contributed by atoms with Crippen LogP contribution in [0.4, 0.5) is 10.1 Å². The molecule has 0 bridgehead atoms. The molecule has 3 nitrogen and oxygen atoms in total. The van der Waals surface area contributed by atoms with Gasteiger partial charge in [-0.1, -0.05) is 15.9 Å². The summed E-state index contributed by atoms with van der Waals surface area (Å²) in [7, 11) is 0. The molecule has 0 unspecified atom stereocenters. The Morgan fingerprint density at radius 3 is 2.70 bits per heavy atom. The highest BCUT2D eigenvalue weighted by molar-refractivity contribution is 9.10. The van der Waals surface area contributed by atoms with E-state index in [9.17, 15) is 9.18 Å². The van der Waals surface area contributed by atoms with Crippen molar-refractivity contribution in [3.8, 4) is 0 Å². The monoisotopic (exact) mass is 335 g/mol. The van der Waals surface area contributed by atoms with E-state index >= 15 is 0 Å². The molecule has 1 amide bonds. The van der Waals surface area contributed by atoms with Crippen LogP contribution < -0.4 is 10.6 Å². The van der Waals surface area contributed by atoms with E-state index in [4.69, 9.17) is 0 Å². The lowest BCUT2D eigenvalue weighted by Crippen LogP contribution is -2.86. The summed E-state index contributed by atoms with van der Waals surface area (Å²) < 4.78 is 14.0. The molecule has 1 aliphatic rings. The number of fused-ring (bicyclic) bond motifs is 1. The van der Waals surface area contributed by atoms with Gasteiger partial charge in [-0.25, -0.2) is 4.39 Å². The van der Waals surface area contributed by atoms with Gasteiger partial charge in [0.05, 0.1) is 5.69 Å². The summed E-state index contributed by atoms with van der Waals surface area (Å²) in [5.74, 6) is -0.288. The number of nitrogens with two attached hydrogens (primary N) is 1. The summed E-state index contributed by atoms with van der Waals surface area (Å²) >= 11 is 3.46. The Balaban J connectivity index is 2.09. The van der Waals surface area contributed by atoms with E-state index in [0.717, 1.165) is 21.3 Å². The lowest BCUT2D eigenvalue weighted by molar-refractivity contribution is -0.675. The first kappa shape index (κ1) is 13.3. The molecule has 20 heavy (non-hydrogen) atoms. The Hall–Kier alpha value is -1.72. The Morgan fingerprint density at radius 1 is 1.20 bits per heavy atom. The van der Waals surface area contributed by atoms with Gasteiger partial charge < -0.3 is 10.6 Å². The molecule has 1 heterocycles. The summed E-state index contributed by atoms with van der Waals surface area (Å²) in [6.45, 7) is 0.342. The van der Waals surface area contributed by atoms with Crippen LogP contribution in [-0.4, -0.2) is 12.5 Å². The lowest BCUT2D eigenvalue weighted by atomic mass is 9.97. The van der Waals surface area contributed by atoms with Crippen LogP contribution in [0.15, 0.2) is 46.9 Å². The normalized spacial score (nSPS) is 18.1. The molecule has 0 radical (unpaired) electrons. The van der Waals surface area contributed by atoms with Gasteiger partial charge in [0.1, 0.15) is 11.9 Å². The third-order valence-electron chi connectivity index (χ3n) is 3.39. The molecule has 5 heteroatoms. The lowest BCUT2D eigenvalue weighted by Gasteiger charge is -2.15. The maximum Gasteiger partial charge on any atom is 0.279 e. The van der Waals surface area contributed by atoms with Crippen molar-refractivity contribution in [1.29, 1.82) is 0 Å². The fourth-order valence-electron chi connectivity index (χ4n) is 2.44. The van der Waals surface area contributed by atoms with Gasteiger partial charge in [0.2, 0.25) is 0 Å². The second-order valence-corrected chi connectivity index (χ2v) is 5.66. The van der Waals surface area contributed by atoms with Gasteiger partial charge in [0.25, 0.3) is 5.91 Å². The molecule has 3 rings (SSSR count). The summed E-state index contributed by atoms with van der Waals surface area (Å²) in [5.41, 5.74) is 2.79. The highest BCUT2D eigenvalue weighted by Gasteiger charge is 2.26. The van der Waals surface area contributed by atoms with Crippen LogP contribution in [0.5, 0.6) is 0 Å². The van der Waals surface area contributed by atoms with Gasteiger partial charge >= 0.3 is 0 Å². The quantitative estimate of drug-likeness (QED) is 0.824. The van der Waals surface area contributed by atoms with E-state index in [-0.39, 0.29) is 17.8 Å². The van der Waals surface area contributed by atoms with E-state index < -0.39 is 0 Å². The van der Waals surface area contributed by atoms with Crippen LogP contribution in [-0.2, 0) is 4.79 Å². The largest absolute Gasteiger partial charge is 0.328 e. The van der Waals surface area contributed by atoms with Crippen molar-refractivity contribution in [2.24, 2.45) is 0 Å². The number of quaternary nitrogens is 1. The van der Waals surface area contributed by atoms with Crippen LogP contribution in [0.3, 0.4) is 0 Å². The van der Waals surface area contributed by atoms with E-state index in [2.05, 4.69) is 21.2 Å². The molecule has 0 aromatic heterocycles. The fourth-order valence-corrected chi connectivity index (χ4v) is 2.82. The summed E-state index contributed by atoms with van der Waals surface area (Å²) in [4.78, 5) is 11.7. The number of hydrogen-bond donors (Lipinski definition) is 2. The molecule has 102 valence electrons. The molecule has 1 aliphatic heterocycles. The third kappa shape index (κ3) is 2.59. The minimum atomic E-state index is -0.258. The SMILES string of the molecule is O=C1C[NH2+][C@@H](c2ccc(F)cc2)c2cc(Br)ccc2N1. The summed E-state index contributed by atoms with van der Waals surface area (Å²) in [6, 6.07) is 12.2. The van der Waals surface area contributed by atoms with Crippen molar-refractivity contribution in [2.75, 3.05) is 11.9 Å². The van der Waals surface area contributed by atoms with E-state index in [1.54, 1.807) is 12.1 Å². The molecule has 3 N–H and O–H groups in total. The standard InChI is InChI=1S/C15H12BrFN2O/c16-10-3-6-13-12(7-10)15(18-8-14(20)19-13)9-1-4-11(17)5-2-9/h1-7,15,18H,8H2,(H,19,20)/p+1/t15-/m0/s1. The molecule has 0 spiro atoms. The third-order valence-corrected chi connectivity index (χ3v) is 3.88. The topological polar surface area (TPSA) is 45.7 Å². The second kappa shape index (κ2) is 5.34. The molecule has 1 atom stereocenters. The Morgan fingerprint density at radius 2 is 1.95 bits per heavy atom. The number of benzene rings is 2. The van der Waals surface area contributed by atoms with E-state index in [1.165, 1.54) is 12.1 Å². The van der Waals surface area contributed by atoms with Crippen LogP contribution in [0.1, 0.15) is 17.2 Å². The average Bonchev–Trinajstić information content (AvgIpc) is 2.58. The van der Waals surface area contributed by atoms with Gasteiger partial charge in [0, 0.05) is 15.6 Å². The maximum atomic E-state index is 13.1. The molecule has 0 saturated heterocycles. The number of nitrogens with one attached hydrogen (secondary N) is 1. The van der Waals surface area contributed by atoms with E-state index in [1.807, 2.05) is 23.5 Å². The molecule has 0 fully saturated rings. The number of carbonyl (C=O) groups excluding carboxylic acids is 1. The molecular formula is C15H13BrFN2O+. The summed E-state index contributed by atoms with van der Waals surface area (Å²) in [6.07, 6.45) is 0. The van der Waals surface area contributed by atoms with Crippen molar-refractivity contribution in [2.45, 2.75) is 6.04 Å². The maximum absolute atomic E-state index is 13.1. The van der Waals surface area contributed by atoms with Crippen LogP contribution >= 0.6 is 15.9 Å². The first-order chi connectivity index (χ1) is 9.63. The number of hydrogen-bond acceptors (Lipinski definition) is 1. The molecule has 2 aromatic carbocycles. The smallest absolute Gasteiger partial charge is 0.279 e. The first-order valence-electron chi connectivity index (χ1n) is 6.31. The Kier molecular flexibility index (Phi) is 3.54. The van der Waals surface area contributed by atoms with Crippen molar-refractivity contribution >= 4 is 27.5 Å². The zero-order chi connectivity index (χ0) is 14.1. The highest BCUT2D eigenvalue weighted by Crippen LogP contribution is 2.29. The van der Waals surface area contributed by atoms with Gasteiger partial charge in [-0.2, -0.15) is 0 Å². The molecule has 0 saturated carbocycles. The van der Waals surface area contributed by atoms with Gasteiger partial charge in [-0.15, -0.1) is 0 Å². The number of rotatable bonds is 1. The Labute approximate surface area is 124 Å². The number of amides is 1. The minimum absolute atomic E-state index is 0.0259. The molecule has 2 aromatic rings. The average molecular weight is 336 g/mol. The van der Waals surface area contributed by atoms with Crippen molar-refractivity contribution in [1.82, 2.24) is 0 Å². The number of anilines is 1. The van der Waals surface area contributed by atoms with E-state index in [0.29, 0.717) is 6.54 Å². The zero-order valence-corrected chi connectivity index (χ0v) is 12.2. The van der Waals surface area contributed by atoms with Gasteiger partial charge in [-0.3, -0.25) is 4.79 Å². The molecule has 0 aliphatic carbocycles. The van der Waals surface area contributed by atoms with Gasteiger partial charge in [-0.05, 0) is 42.5 Å². The number of halogens is 2. The fraction of sp³-hybridized carbons (Fsp3) is 0.133.